The second kappa shape index (κ2) is 12.7. The Morgan fingerprint density at radius 2 is 1.66 bits per heavy atom. The van der Waals surface area contributed by atoms with Crippen LogP contribution in [0.1, 0.15) is 16.8 Å². The van der Waals surface area contributed by atoms with Crippen LogP contribution in [0.2, 0.25) is 10.0 Å². The number of halogens is 6. The lowest BCUT2D eigenvalue weighted by Gasteiger charge is -2.29. The van der Waals surface area contributed by atoms with Gasteiger partial charge in [0, 0.05) is 40.5 Å². The summed E-state index contributed by atoms with van der Waals surface area (Å²) in [5.41, 5.74) is 0.703. The lowest BCUT2D eigenvalue weighted by atomic mass is 10.1. The number of rotatable bonds is 8. The molecule has 0 saturated heterocycles. The number of carbonyl (C=O) groups excluding carboxylic acids is 1. The first-order valence-electron chi connectivity index (χ1n) is 11.0. The fraction of sp³-hybridized carbons (Fsp3) is 0.200. The Kier molecular flexibility index (Phi) is 9.65. The zero-order valence-corrected chi connectivity index (χ0v) is 21.2. The molecule has 7 nitrogen and oxygen atoms in total. The van der Waals surface area contributed by atoms with Gasteiger partial charge in [-0.15, -0.1) is 0 Å². The first-order valence-corrected chi connectivity index (χ1v) is 11.8. The van der Waals surface area contributed by atoms with Crippen molar-refractivity contribution < 1.29 is 22.4 Å². The Morgan fingerprint density at radius 3 is 2.24 bits per heavy atom. The van der Waals surface area contributed by atoms with Crippen LogP contribution in [-0.4, -0.2) is 37.3 Å². The monoisotopic (exact) mass is 569 g/mol. The summed E-state index contributed by atoms with van der Waals surface area (Å²) in [4.78, 5) is 29.7. The van der Waals surface area contributed by atoms with Gasteiger partial charge >= 0.3 is 6.18 Å². The molecule has 0 heterocycles. The van der Waals surface area contributed by atoms with Gasteiger partial charge in [0.25, 0.3) is 5.91 Å². The van der Waals surface area contributed by atoms with Crippen LogP contribution in [0.15, 0.2) is 83.0 Å². The molecule has 0 aromatic heterocycles. The average molecular weight is 570 g/mol. The van der Waals surface area contributed by atoms with Gasteiger partial charge < -0.3 is 10.2 Å². The number of nitrogens with zero attached hydrogens (tertiary/aromatic N) is 3. The van der Waals surface area contributed by atoms with Gasteiger partial charge in [0.1, 0.15) is 12.0 Å². The van der Waals surface area contributed by atoms with Crippen molar-refractivity contribution in [2.24, 2.45) is 10.2 Å². The van der Waals surface area contributed by atoms with E-state index in [4.69, 9.17) is 23.2 Å². The summed E-state index contributed by atoms with van der Waals surface area (Å²) in [6, 6.07) is 15.0. The number of amides is 1. The van der Waals surface area contributed by atoms with Crippen LogP contribution in [0, 0.1) is 10.7 Å². The third-order valence-electron chi connectivity index (χ3n) is 5.29. The van der Waals surface area contributed by atoms with Crippen LogP contribution >= 0.6 is 23.2 Å². The Labute approximate surface area is 225 Å². The Balaban J connectivity index is 2.05. The van der Waals surface area contributed by atoms with Crippen molar-refractivity contribution >= 4 is 46.4 Å². The van der Waals surface area contributed by atoms with Crippen molar-refractivity contribution in [2.45, 2.75) is 24.8 Å². The standard InChI is InChI=1S/C25H21Cl2F4N5O2/c1-36(20-5-3-2-4-6-20)22(14-21(35-38)25(29,30)31)33-24(32-19-12-17(27)11-18(28)13-19)34-23(37)15-7-9-16(26)10-8-15/h2-13,21-22H,14H2,1H3,(H2,32,33,34,37). The van der Waals surface area contributed by atoms with Crippen molar-refractivity contribution in [3.63, 3.8) is 0 Å². The van der Waals surface area contributed by atoms with Crippen LogP contribution in [0.4, 0.5) is 28.9 Å². The first kappa shape index (κ1) is 28.9. The number of guanidine groups is 1. The van der Waals surface area contributed by atoms with Gasteiger partial charge in [0.15, 0.2) is 6.04 Å². The van der Waals surface area contributed by atoms with Gasteiger partial charge in [-0.3, -0.25) is 10.1 Å². The third kappa shape index (κ3) is 8.15. The number of para-hydroxylation sites is 1. The van der Waals surface area contributed by atoms with Crippen molar-refractivity contribution in [2.75, 3.05) is 17.3 Å². The fourth-order valence-corrected chi connectivity index (χ4v) is 3.71. The number of hydrogen-bond acceptors (Lipinski definition) is 5. The molecule has 2 N–H and O–H groups in total. The van der Waals surface area contributed by atoms with Gasteiger partial charge in [-0.1, -0.05) is 46.6 Å². The molecule has 0 radical (unpaired) electrons. The molecule has 3 aromatic carbocycles. The Bertz CT molecular complexity index is 1270. The van der Waals surface area contributed by atoms with E-state index in [1.807, 2.05) is 0 Å². The molecule has 0 aliphatic rings. The van der Waals surface area contributed by atoms with Crippen LogP contribution < -0.4 is 15.5 Å². The molecule has 3 aromatic rings. The van der Waals surface area contributed by atoms with E-state index in [0.717, 1.165) is 12.1 Å². The minimum Gasteiger partial charge on any atom is -0.353 e. The van der Waals surface area contributed by atoms with Crippen molar-refractivity contribution in [3.05, 3.63) is 99.1 Å². The molecular weight excluding hydrogens is 549 g/mol. The summed E-state index contributed by atoms with van der Waals surface area (Å²) in [6.07, 6.45) is -7.15. The molecule has 0 bridgehead atoms. The van der Waals surface area contributed by atoms with Crippen molar-refractivity contribution in [1.82, 2.24) is 5.32 Å². The second-order valence-corrected chi connectivity index (χ2v) is 8.92. The summed E-state index contributed by atoms with van der Waals surface area (Å²) in [5.74, 6) is -1.72. The molecule has 1 amide bonds. The number of hydrogen-bond donors (Lipinski definition) is 2. The topological polar surface area (TPSA) is 86.2 Å². The number of benzene rings is 3. The average Bonchev–Trinajstić information content (AvgIpc) is 2.85. The van der Waals surface area contributed by atoms with E-state index in [1.165, 1.54) is 42.3 Å². The third-order valence-corrected chi connectivity index (χ3v) is 5.76. The lowest BCUT2D eigenvalue weighted by molar-refractivity contribution is -0.149. The maximum atomic E-state index is 14.0. The first-order chi connectivity index (χ1) is 18.0. The zero-order valence-electron chi connectivity index (χ0n) is 19.7. The molecule has 0 aliphatic heterocycles. The fourth-order valence-electron chi connectivity index (χ4n) is 3.36. The number of nitroso groups, excluding NO2 is 1. The van der Waals surface area contributed by atoms with E-state index in [0.29, 0.717) is 10.7 Å². The molecule has 2 unspecified atom stereocenters. The van der Waals surface area contributed by atoms with Crippen LogP contribution in [-0.2, 0) is 0 Å². The lowest BCUT2D eigenvalue weighted by Crippen LogP contribution is -2.42. The summed E-state index contributed by atoms with van der Waals surface area (Å²) in [7, 11) is 1.47. The van der Waals surface area contributed by atoms with Gasteiger partial charge in [-0.25, -0.2) is 9.38 Å². The van der Waals surface area contributed by atoms with Crippen molar-refractivity contribution in [1.29, 1.82) is 0 Å². The summed E-state index contributed by atoms with van der Waals surface area (Å²) < 4.78 is 54.4. The molecular formula is C25H21Cl2F4N5O2. The highest BCUT2D eigenvalue weighted by atomic mass is 35.5. The smallest absolute Gasteiger partial charge is 0.353 e. The molecule has 0 fully saturated rings. The molecule has 0 aliphatic carbocycles. The second-order valence-electron chi connectivity index (χ2n) is 8.05. The Hall–Kier alpha value is -3.70. The Morgan fingerprint density at radius 1 is 1.00 bits per heavy atom. The summed E-state index contributed by atoms with van der Waals surface area (Å²) >= 11 is 11.8. The van der Waals surface area contributed by atoms with E-state index >= 15 is 0 Å². The number of aliphatic imine (C=N–C) groups is 1. The number of carbonyl (C=O) groups is 1. The van der Waals surface area contributed by atoms with E-state index in [9.17, 15) is 27.3 Å². The van der Waals surface area contributed by atoms with Crippen LogP contribution in [0.25, 0.3) is 0 Å². The minimum atomic E-state index is -4.93. The highest BCUT2D eigenvalue weighted by Gasteiger charge is 2.43. The normalized spacial score (nSPS) is 13.4. The maximum Gasteiger partial charge on any atom is 0.414 e. The predicted octanol–water partition coefficient (Wildman–Crippen LogP) is 6.88. The van der Waals surface area contributed by atoms with Gasteiger partial charge in [-0.05, 0) is 54.6 Å². The molecule has 0 saturated carbocycles. The molecule has 13 heteroatoms. The number of nitrogens with one attached hydrogen (secondary N) is 2. The highest BCUT2D eigenvalue weighted by molar-refractivity contribution is 6.31. The summed E-state index contributed by atoms with van der Waals surface area (Å²) in [5, 5.41) is 7.83. The highest BCUT2D eigenvalue weighted by Crippen LogP contribution is 2.29. The molecule has 0 spiro atoms. The number of anilines is 2. The molecule has 38 heavy (non-hydrogen) atoms. The maximum absolute atomic E-state index is 14.0. The van der Waals surface area contributed by atoms with Gasteiger partial charge in [-0.2, -0.15) is 18.1 Å². The van der Waals surface area contributed by atoms with E-state index in [1.54, 1.807) is 30.3 Å². The molecule has 2 atom stereocenters. The predicted molar refractivity (Wildman–Crippen MR) is 140 cm³/mol. The van der Waals surface area contributed by atoms with Crippen LogP contribution in [0.3, 0.4) is 0 Å². The molecule has 3 rings (SSSR count). The SMILES string of the molecule is CN(c1ccccc1)C(CC(N=O)C(F)(F)F)N=C(NC(=O)c1ccc(Cl)cc1)Nc1cc(F)cc(Cl)c1. The van der Waals surface area contributed by atoms with Gasteiger partial charge in [0.2, 0.25) is 5.96 Å². The van der Waals surface area contributed by atoms with Crippen LogP contribution in [0.5, 0.6) is 0 Å². The quantitative estimate of drug-likeness (QED) is 0.134. The summed E-state index contributed by atoms with van der Waals surface area (Å²) in [6.45, 7) is 0. The zero-order chi connectivity index (χ0) is 27.9. The minimum absolute atomic E-state index is 0.0242. The van der Waals surface area contributed by atoms with E-state index in [-0.39, 0.29) is 22.2 Å². The largest absolute Gasteiger partial charge is 0.414 e. The number of alkyl halides is 3. The van der Waals surface area contributed by atoms with Gasteiger partial charge in [0.05, 0.1) is 0 Å². The molecule has 200 valence electrons. The van der Waals surface area contributed by atoms with Crippen molar-refractivity contribution in [3.8, 4) is 0 Å². The van der Waals surface area contributed by atoms with E-state index < -0.39 is 36.5 Å². The van der Waals surface area contributed by atoms with E-state index in [2.05, 4.69) is 20.8 Å².